The fraction of sp³-hybridized carbons (Fsp3) is 0.357. The van der Waals surface area contributed by atoms with Crippen LogP contribution < -0.4 is 4.74 Å². The van der Waals surface area contributed by atoms with E-state index in [1.54, 1.807) is 6.20 Å². The molecule has 1 aromatic carbocycles. The first kappa shape index (κ1) is 12.6. The summed E-state index contributed by atoms with van der Waals surface area (Å²) in [4.78, 5) is 14.6. The summed E-state index contributed by atoms with van der Waals surface area (Å²) in [6, 6.07) is 7.64. The Kier molecular flexibility index (Phi) is 4.34. The molecule has 0 aliphatic carbocycles. The highest BCUT2D eigenvalue weighted by molar-refractivity contribution is 5.88. The molecule has 2 aromatic rings. The van der Waals surface area contributed by atoms with Crippen LogP contribution in [0, 0.1) is 0 Å². The van der Waals surface area contributed by atoms with Crippen LogP contribution in [0.25, 0.3) is 10.9 Å². The van der Waals surface area contributed by atoms with Gasteiger partial charge in [0.15, 0.2) is 5.75 Å². The second-order valence-corrected chi connectivity index (χ2v) is 4.17. The molecule has 0 unspecified atom stereocenters. The molecule has 1 N–H and O–H groups in total. The summed E-state index contributed by atoms with van der Waals surface area (Å²) in [5, 5.41) is 0.898. The van der Waals surface area contributed by atoms with Gasteiger partial charge in [-0.1, -0.05) is 18.6 Å². The number of fused-ring (bicyclic) bond motifs is 1. The van der Waals surface area contributed by atoms with Crippen LogP contribution in [0.15, 0.2) is 30.5 Å². The van der Waals surface area contributed by atoms with E-state index < -0.39 is 0 Å². The van der Waals surface area contributed by atoms with Crippen LogP contribution in [0.3, 0.4) is 0 Å². The van der Waals surface area contributed by atoms with Gasteiger partial charge in [0.1, 0.15) is 0 Å². The van der Waals surface area contributed by atoms with Gasteiger partial charge in [0, 0.05) is 23.5 Å². The van der Waals surface area contributed by atoms with E-state index >= 15 is 0 Å². The van der Waals surface area contributed by atoms with Crippen molar-refractivity contribution in [2.24, 2.45) is 0 Å². The molecule has 0 radical (unpaired) electrons. The molecule has 0 aliphatic heterocycles. The van der Waals surface area contributed by atoms with Crippen molar-refractivity contribution >= 4 is 16.9 Å². The molecule has 0 saturated heterocycles. The number of unbranched alkanes of at least 4 members (excludes halogenated alkanes) is 2. The van der Waals surface area contributed by atoms with Gasteiger partial charge in [0.25, 0.3) is 0 Å². The molecule has 2 rings (SSSR count). The van der Waals surface area contributed by atoms with Crippen molar-refractivity contribution in [1.29, 1.82) is 0 Å². The minimum atomic E-state index is -0.322. The third-order valence-electron chi connectivity index (χ3n) is 2.79. The number of ether oxygens (including phenoxy) is 1. The van der Waals surface area contributed by atoms with Gasteiger partial charge >= 0.3 is 5.97 Å². The monoisotopic (exact) mass is 249 g/mol. The Balaban J connectivity index is 1.91. The van der Waals surface area contributed by atoms with Crippen LogP contribution in [-0.2, 0) is 4.79 Å². The van der Waals surface area contributed by atoms with Crippen LogP contribution in [0.5, 0.6) is 5.75 Å². The van der Waals surface area contributed by atoms with Crippen molar-refractivity contribution in [1.82, 2.24) is 4.98 Å². The molecule has 3 nitrogen and oxygen atoms in total. The molecular weight excluding hydrogens is 233 g/mol. The van der Waals surface area contributed by atoms with E-state index in [4.69, 9.17) is 4.74 Å². The lowest BCUT2D eigenvalue weighted by Gasteiger charge is -2.02. The molecule has 0 aliphatic rings. The number of rotatable bonds is 6. The SMILES string of the molecule is O=C(CCCCCF)Oc1c[nH]c2ccccc12. The topological polar surface area (TPSA) is 42.1 Å². The summed E-state index contributed by atoms with van der Waals surface area (Å²) >= 11 is 0. The summed E-state index contributed by atoms with van der Waals surface area (Å²) in [5.74, 6) is 0.291. The Bertz CT molecular complexity index is 521. The van der Waals surface area contributed by atoms with Crippen molar-refractivity contribution in [3.05, 3.63) is 30.5 Å². The fourth-order valence-electron chi connectivity index (χ4n) is 1.84. The second kappa shape index (κ2) is 6.19. The Morgan fingerprint density at radius 1 is 1.22 bits per heavy atom. The molecule has 4 heteroatoms. The number of H-pyrrole nitrogens is 1. The van der Waals surface area contributed by atoms with E-state index in [9.17, 15) is 9.18 Å². The molecular formula is C14H16FNO2. The molecule has 0 amide bonds. The second-order valence-electron chi connectivity index (χ2n) is 4.17. The van der Waals surface area contributed by atoms with E-state index in [-0.39, 0.29) is 12.6 Å². The van der Waals surface area contributed by atoms with Gasteiger partial charge in [0.05, 0.1) is 6.67 Å². The molecule has 0 bridgehead atoms. The van der Waals surface area contributed by atoms with Gasteiger partial charge in [0.2, 0.25) is 0 Å². The number of hydrogen-bond acceptors (Lipinski definition) is 2. The summed E-state index contributed by atoms with van der Waals surface area (Å²) in [6.45, 7) is -0.322. The Hall–Kier alpha value is -1.84. The summed E-state index contributed by atoms with van der Waals surface area (Å²) in [5.41, 5.74) is 0.942. The predicted molar refractivity (Wildman–Crippen MR) is 68.4 cm³/mol. The normalized spacial score (nSPS) is 10.7. The van der Waals surface area contributed by atoms with Crippen LogP contribution in [0.2, 0.25) is 0 Å². The van der Waals surface area contributed by atoms with Gasteiger partial charge in [-0.25, -0.2) is 0 Å². The first-order valence-electron chi connectivity index (χ1n) is 6.14. The number of aromatic amines is 1. The van der Waals surface area contributed by atoms with E-state index in [1.807, 2.05) is 24.3 Å². The molecule has 0 fully saturated rings. The highest BCUT2D eigenvalue weighted by atomic mass is 19.1. The van der Waals surface area contributed by atoms with E-state index in [0.29, 0.717) is 25.0 Å². The van der Waals surface area contributed by atoms with Crippen molar-refractivity contribution in [3.63, 3.8) is 0 Å². The summed E-state index contributed by atoms with van der Waals surface area (Å²) < 4.78 is 17.2. The fourth-order valence-corrected chi connectivity index (χ4v) is 1.84. The van der Waals surface area contributed by atoms with Crippen molar-refractivity contribution < 1.29 is 13.9 Å². The predicted octanol–water partition coefficient (Wildman–Crippen LogP) is 3.60. The van der Waals surface area contributed by atoms with Crippen molar-refractivity contribution in [2.75, 3.05) is 6.67 Å². The number of hydrogen-bond donors (Lipinski definition) is 1. The minimum Gasteiger partial charge on any atom is -0.424 e. The maximum Gasteiger partial charge on any atom is 0.311 e. The van der Waals surface area contributed by atoms with E-state index in [2.05, 4.69) is 4.98 Å². The van der Waals surface area contributed by atoms with E-state index in [1.165, 1.54) is 0 Å². The average Bonchev–Trinajstić information content (AvgIpc) is 2.78. The first-order valence-corrected chi connectivity index (χ1v) is 6.14. The first-order chi connectivity index (χ1) is 8.81. The molecule has 0 saturated carbocycles. The van der Waals surface area contributed by atoms with E-state index in [0.717, 1.165) is 17.3 Å². The maximum absolute atomic E-state index is 11.9. The van der Waals surface area contributed by atoms with Crippen LogP contribution >= 0.6 is 0 Å². The lowest BCUT2D eigenvalue weighted by molar-refractivity contribution is -0.134. The Morgan fingerprint density at radius 3 is 2.89 bits per heavy atom. The summed E-state index contributed by atoms with van der Waals surface area (Å²) in [6.07, 6.45) is 3.93. The largest absolute Gasteiger partial charge is 0.424 e. The third kappa shape index (κ3) is 3.09. The zero-order chi connectivity index (χ0) is 12.8. The number of carbonyl (C=O) groups is 1. The molecule has 18 heavy (non-hydrogen) atoms. The zero-order valence-electron chi connectivity index (χ0n) is 10.1. The number of esters is 1. The smallest absolute Gasteiger partial charge is 0.311 e. The van der Waals surface area contributed by atoms with Crippen LogP contribution in [0.4, 0.5) is 4.39 Å². The number of carbonyl (C=O) groups excluding carboxylic acids is 1. The highest BCUT2D eigenvalue weighted by Crippen LogP contribution is 2.25. The number of aromatic nitrogens is 1. The maximum atomic E-state index is 11.9. The van der Waals surface area contributed by atoms with Gasteiger partial charge in [-0.3, -0.25) is 9.18 Å². The molecule has 1 aromatic heterocycles. The quantitative estimate of drug-likeness (QED) is 0.627. The molecule has 1 heterocycles. The lowest BCUT2D eigenvalue weighted by atomic mass is 10.2. The Morgan fingerprint density at radius 2 is 2.06 bits per heavy atom. The van der Waals surface area contributed by atoms with Crippen LogP contribution in [0.1, 0.15) is 25.7 Å². The Labute approximate surface area is 105 Å². The molecule has 0 spiro atoms. The number of benzene rings is 1. The third-order valence-corrected chi connectivity index (χ3v) is 2.79. The average molecular weight is 249 g/mol. The molecule has 0 atom stereocenters. The number of nitrogens with one attached hydrogen (secondary N) is 1. The number of para-hydroxylation sites is 1. The minimum absolute atomic E-state index is 0.265. The van der Waals surface area contributed by atoms with Crippen molar-refractivity contribution in [2.45, 2.75) is 25.7 Å². The lowest BCUT2D eigenvalue weighted by Crippen LogP contribution is -2.07. The summed E-state index contributed by atoms with van der Waals surface area (Å²) in [7, 11) is 0. The van der Waals surface area contributed by atoms with Crippen LogP contribution in [-0.4, -0.2) is 17.6 Å². The number of halogens is 1. The van der Waals surface area contributed by atoms with Crippen molar-refractivity contribution in [3.8, 4) is 5.75 Å². The standard InChI is InChI=1S/C14H16FNO2/c15-9-5-1-2-8-14(17)18-13-10-16-12-7-4-3-6-11(12)13/h3-4,6-7,10,16H,1-2,5,8-9H2. The highest BCUT2D eigenvalue weighted by Gasteiger charge is 2.09. The van der Waals surface area contributed by atoms with Gasteiger partial charge < -0.3 is 9.72 Å². The van der Waals surface area contributed by atoms with Gasteiger partial charge in [-0.05, 0) is 25.0 Å². The number of alkyl halides is 1. The zero-order valence-corrected chi connectivity index (χ0v) is 10.1. The van der Waals surface area contributed by atoms with Gasteiger partial charge in [-0.2, -0.15) is 0 Å². The molecule has 96 valence electrons. The van der Waals surface area contributed by atoms with Gasteiger partial charge in [-0.15, -0.1) is 0 Å².